The van der Waals surface area contributed by atoms with Crippen LogP contribution in [0.1, 0.15) is 30.9 Å². The van der Waals surface area contributed by atoms with Gasteiger partial charge in [0.25, 0.3) is 0 Å². The molecule has 0 radical (unpaired) electrons. The monoisotopic (exact) mass is 249 g/mol. The first-order valence-corrected chi connectivity index (χ1v) is 6.05. The molecule has 1 aromatic carbocycles. The first-order valence-electron chi connectivity index (χ1n) is 6.05. The van der Waals surface area contributed by atoms with Crippen molar-refractivity contribution in [3.63, 3.8) is 0 Å². The van der Waals surface area contributed by atoms with Gasteiger partial charge in [0.15, 0.2) is 0 Å². The maximum absolute atomic E-state index is 11.6. The third-order valence-corrected chi connectivity index (χ3v) is 2.52. The molecule has 1 N–H and O–H groups in total. The highest BCUT2D eigenvalue weighted by Gasteiger charge is 2.08. The van der Waals surface area contributed by atoms with Crippen molar-refractivity contribution in [2.75, 3.05) is 11.9 Å². The molecule has 4 heteroatoms. The third-order valence-electron chi connectivity index (χ3n) is 2.52. The summed E-state index contributed by atoms with van der Waals surface area (Å²) >= 11 is 0. The Bertz CT molecular complexity index is 441. The molecule has 0 aliphatic carbocycles. The largest absolute Gasteiger partial charge is 0.466 e. The lowest BCUT2D eigenvalue weighted by molar-refractivity contribution is -0.144. The van der Waals surface area contributed by atoms with E-state index in [0.717, 1.165) is 16.8 Å². The van der Waals surface area contributed by atoms with Crippen molar-refractivity contribution in [1.29, 1.82) is 0 Å². The van der Waals surface area contributed by atoms with E-state index < -0.39 is 0 Å². The number of amides is 1. The molecule has 0 fully saturated rings. The Morgan fingerprint density at radius 1 is 1.22 bits per heavy atom. The third kappa shape index (κ3) is 4.57. The molecule has 0 aliphatic rings. The topological polar surface area (TPSA) is 55.4 Å². The summed E-state index contributed by atoms with van der Waals surface area (Å²) in [5.74, 6) is -0.511. The molecule has 4 nitrogen and oxygen atoms in total. The average molecular weight is 249 g/mol. The van der Waals surface area contributed by atoms with Crippen molar-refractivity contribution in [2.45, 2.75) is 33.6 Å². The minimum Gasteiger partial charge on any atom is -0.466 e. The van der Waals surface area contributed by atoms with Crippen molar-refractivity contribution in [2.24, 2.45) is 0 Å². The Morgan fingerprint density at radius 3 is 2.56 bits per heavy atom. The highest BCUT2D eigenvalue weighted by Crippen LogP contribution is 2.16. The standard InChI is InChI=1S/C14H19NO3/c1-4-18-14(17)8-7-13(16)15-12-6-5-10(2)9-11(12)3/h5-6,9H,4,7-8H2,1-3H3,(H,15,16). The Morgan fingerprint density at radius 2 is 1.94 bits per heavy atom. The van der Waals surface area contributed by atoms with E-state index in [4.69, 9.17) is 4.74 Å². The number of benzene rings is 1. The lowest BCUT2D eigenvalue weighted by Gasteiger charge is -2.08. The molecule has 0 aliphatic heterocycles. The molecule has 0 spiro atoms. The zero-order chi connectivity index (χ0) is 13.5. The molecular weight excluding hydrogens is 230 g/mol. The predicted molar refractivity (Wildman–Crippen MR) is 70.4 cm³/mol. The van der Waals surface area contributed by atoms with Gasteiger partial charge >= 0.3 is 5.97 Å². The lowest BCUT2D eigenvalue weighted by Crippen LogP contribution is -2.15. The predicted octanol–water partition coefficient (Wildman–Crippen LogP) is 2.59. The fraction of sp³-hybridized carbons (Fsp3) is 0.429. The van der Waals surface area contributed by atoms with E-state index in [1.165, 1.54) is 0 Å². The second-order valence-corrected chi connectivity index (χ2v) is 4.17. The number of esters is 1. The van der Waals surface area contributed by atoms with Gasteiger partial charge in [-0.05, 0) is 32.4 Å². The van der Waals surface area contributed by atoms with Gasteiger partial charge in [0.05, 0.1) is 13.0 Å². The number of nitrogens with one attached hydrogen (secondary N) is 1. The first kappa shape index (κ1) is 14.2. The summed E-state index contributed by atoms with van der Waals surface area (Å²) < 4.78 is 4.76. The van der Waals surface area contributed by atoms with E-state index in [1.54, 1.807) is 6.92 Å². The maximum atomic E-state index is 11.6. The first-order chi connectivity index (χ1) is 8.52. The zero-order valence-corrected chi connectivity index (χ0v) is 11.1. The zero-order valence-electron chi connectivity index (χ0n) is 11.1. The number of ether oxygens (including phenoxy) is 1. The van der Waals surface area contributed by atoms with Crippen LogP contribution >= 0.6 is 0 Å². The highest BCUT2D eigenvalue weighted by atomic mass is 16.5. The van der Waals surface area contributed by atoms with Crippen molar-refractivity contribution < 1.29 is 14.3 Å². The molecule has 0 aromatic heterocycles. The molecule has 1 rings (SSSR count). The van der Waals surface area contributed by atoms with Crippen LogP contribution in [0.3, 0.4) is 0 Å². The second kappa shape index (κ2) is 6.79. The minimum absolute atomic E-state index is 0.116. The van der Waals surface area contributed by atoms with Crippen molar-refractivity contribution in [1.82, 2.24) is 0 Å². The molecule has 0 saturated heterocycles. The number of carbonyl (C=O) groups is 2. The van der Waals surface area contributed by atoms with Crippen LogP contribution in [0.4, 0.5) is 5.69 Å². The van der Waals surface area contributed by atoms with Crippen LogP contribution in [-0.4, -0.2) is 18.5 Å². The average Bonchev–Trinajstić information content (AvgIpc) is 2.31. The lowest BCUT2D eigenvalue weighted by atomic mass is 10.1. The van der Waals surface area contributed by atoms with Crippen LogP contribution in [0.15, 0.2) is 18.2 Å². The van der Waals surface area contributed by atoms with Crippen LogP contribution in [-0.2, 0) is 14.3 Å². The van der Waals surface area contributed by atoms with Crippen LogP contribution in [0.2, 0.25) is 0 Å². The molecule has 1 amide bonds. The summed E-state index contributed by atoms with van der Waals surface area (Å²) in [6, 6.07) is 5.81. The van der Waals surface area contributed by atoms with E-state index in [2.05, 4.69) is 5.32 Å². The minimum atomic E-state index is -0.340. The van der Waals surface area contributed by atoms with Crippen molar-refractivity contribution in [3.05, 3.63) is 29.3 Å². The Labute approximate surface area is 107 Å². The van der Waals surface area contributed by atoms with Crippen molar-refractivity contribution in [3.8, 4) is 0 Å². The van der Waals surface area contributed by atoms with Gasteiger partial charge in [-0.1, -0.05) is 17.7 Å². The Hall–Kier alpha value is -1.84. The van der Waals surface area contributed by atoms with Gasteiger partial charge in [-0.2, -0.15) is 0 Å². The molecule has 0 heterocycles. The molecule has 1 aromatic rings. The number of carbonyl (C=O) groups excluding carboxylic acids is 2. The summed E-state index contributed by atoms with van der Waals surface area (Å²) in [6.07, 6.45) is 0.261. The van der Waals surface area contributed by atoms with Gasteiger partial charge in [0.2, 0.25) is 5.91 Å². The van der Waals surface area contributed by atoms with Gasteiger partial charge in [-0.25, -0.2) is 0 Å². The van der Waals surface area contributed by atoms with E-state index in [1.807, 2.05) is 32.0 Å². The molecule has 0 atom stereocenters. The molecule has 0 bridgehead atoms. The number of hydrogen-bond acceptors (Lipinski definition) is 3. The molecule has 0 saturated carbocycles. The van der Waals surface area contributed by atoms with Crippen LogP contribution < -0.4 is 5.32 Å². The second-order valence-electron chi connectivity index (χ2n) is 4.17. The molecule has 98 valence electrons. The van der Waals surface area contributed by atoms with E-state index in [9.17, 15) is 9.59 Å². The van der Waals surface area contributed by atoms with E-state index in [0.29, 0.717) is 6.61 Å². The fourth-order valence-corrected chi connectivity index (χ4v) is 1.62. The highest BCUT2D eigenvalue weighted by molar-refractivity contribution is 5.93. The Kier molecular flexibility index (Phi) is 5.36. The van der Waals surface area contributed by atoms with Crippen molar-refractivity contribution >= 4 is 17.6 Å². The molecule has 18 heavy (non-hydrogen) atoms. The maximum Gasteiger partial charge on any atom is 0.306 e. The summed E-state index contributed by atoms with van der Waals surface area (Å²) in [6.45, 7) is 6.03. The van der Waals surface area contributed by atoms with Gasteiger partial charge in [0, 0.05) is 12.1 Å². The van der Waals surface area contributed by atoms with Crippen LogP contribution in [0.5, 0.6) is 0 Å². The smallest absolute Gasteiger partial charge is 0.306 e. The number of rotatable bonds is 5. The molecule has 0 unspecified atom stereocenters. The Balaban J connectivity index is 2.47. The van der Waals surface area contributed by atoms with E-state index >= 15 is 0 Å². The quantitative estimate of drug-likeness (QED) is 0.816. The summed E-state index contributed by atoms with van der Waals surface area (Å²) in [5.41, 5.74) is 2.95. The fourth-order valence-electron chi connectivity index (χ4n) is 1.62. The van der Waals surface area contributed by atoms with Crippen LogP contribution in [0, 0.1) is 13.8 Å². The summed E-state index contributed by atoms with van der Waals surface area (Å²) in [7, 11) is 0. The number of anilines is 1. The normalized spacial score (nSPS) is 9.94. The SMILES string of the molecule is CCOC(=O)CCC(=O)Nc1ccc(C)cc1C. The summed E-state index contributed by atoms with van der Waals surface area (Å²) in [5, 5.41) is 2.79. The summed E-state index contributed by atoms with van der Waals surface area (Å²) in [4.78, 5) is 22.7. The number of hydrogen-bond donors (Lipinski definition) is 1. The van der Waals surface area contributed by atoms with Gasteiger partial charge in [-0.15, -0.1) is 0 Å². The van der Waals surface area contributed by atoms with E-state index in [-0.39, 0.29) is 24.7 Å². The van der Waals surface area contributed by atoms with Gasteiger partial charge < -0.3 is 10.1 Å². The number of aryl methyl sites for hydroxylation is 2. The molecular formula is C14H19NO3. The van der Waals surface area contributed by atoms with Gasteiger partial charge in [0.1, 0.15) is 0 Å². The van der Waals surface area contributed by atoms with Crippen LogP contribution in [0.25, 0.3) is 0 Å². The van der Waals surface area contributed by atoms with Gasteiger partial charge in [-0.3, -0.25) is 9.59 Å².